The van der Waals surface area contributed by atoms with Crippen molar-refractivity contribution in [1.29, 1.82) is 0 Å². The van der Waals surface area contributed by atoms with E-state index in [1.807, 2.05) is 60.7 Å². The molecule has 0 radical (unpaired) electrons. The Morgan fingerprint density at radius 2 is 1.19 bits per heavy atom. The van der Waals surface area contributed by atoms with Crippen LogP contribution in [0.3, 0.4) is 0 Å². The van der Waals surface area contributed by atoms with Crippen molar-refractivity contribution in [2.24, 2.45) is 0 Å². The molecule has 0 aliphatic heterocycles. The number of sulfone groups is 1. The third-order valence-corrected chi connectivity index (χ3v) is 6.68. The number of carbonyl (C=O) groups excluding carboxylic acids is 1. The number of rotatable bonds is 8. The number of esters is 1. The van der Waals surface area contributed by atoms with Crippen LogP contribution in [0.4, 0.5) is 0 Å². The summed E-state index contributed by atoms with van der Waals surface area (Å²) in [6.07, 6.45) is 5.70. The first-order valence-electron chi connectivity index (χ1n) is 9.89. The second-order valence-electron chi connectivity index (χ2n) is 6.94. The Morgan fingerprint density at radius 3 is 1.68 bits per heavy atom. The molecule has 0 fully saturated rings. The van der Waals surface area contributed by atoms with Crippen LogP contribution < -0.4 is 0 Å². The molecular formula is C26H24O4S. The van der Waals surface area contributed by atoms with E-state index >= 15 is 0 Å². The summed E-state index contributed by atoms with van der Waals surface area (Å²) in [5, 5.41) is -1.10. The molecule has 0 bridgehead atoms. The van der Waals surface area contributed by atoms with Crippen molar-refractivity contribution in [1.82, 2.24) is 0 Å². The minimum atomic E-state index is -3.84. The van der Waals surface area contributed by atoms with Crippen molar-refractivity contribution in [3.8, 4) is 0 Å². The molecule has 31 heavy (non-hydrogen) atoms. The fourth-order valence-electron chi connectivity index (χ4n) is 3.10. The van der Waals surface area contributed by atoms with Crippen LogP contribution in [0.25, 0.3) is 12.2 Å². The lowest BCUT2D eigenvalue weighted by Gasteiger charge is -2.22. The summed E-state index contributed by atoms with van der Waals surface area (Å²) < 4.78 is 32.5. The Kier molecular flexibility index (Phi) is 7.57. The molecule has 0 saturated heterocycles. The first-order valence-corrected chi connectivity index (χ1v) is 11.4. The molecule has 0 spiro atoms. The first kappa shape index (κ1) is 22.2. The molecule has 4 nitrogen and oxygen atoms in total. The highest BCUT2D eigenvalue weighted by Crippen LogP contribution is 2.24. The topological polar surface area (TPSA) is 60.4 Å². The molecule has 0 amide bonds. The third-order valence-electron chi connectivity index (χ3n) is 4.61. The van der Waals surface area contributed by atoms with Crippen LogP contribution in [0.2, 0.25) is 0 Å². The van der Waals surface area contributed by atoms with E-state index in [4.69, 9.17) is 4.74 Å². The molecule has 0 aromatic heterocycles. The van der Waals surface area contributed by atoms with E-state index in [0.717, 1.165) is 11.1 Å². The van der Waals surface area contributed by atoms with Gasteiger partial charge in [-0.2, -0.15) is 0 Å². The van der Waals surface area contributed by atoms with Gasteiger partial charge in [-0.3, -0.25) is 4.79 Å². The molecule has 3 rings (SSSR count). The molecule has 5 heteroatoms. The maximum atomic E-state index is 13.5. The van der Waals surface area contributed by atoms with Crippen LogP contribution >= 0.6 is 0 Å². The summed E-state index contributed by atoms with van der Waals surface area (Å²) in [5.41, 5.74) is 1.73. The summed E-state index contributed by atoms with van der Waals surface area (Å²) in [7, 11) is -3.84. The third kappa shape index (κ3) is 6.27. The predicted octanol–water partition coefficient (Wildman–Crippen LogP) is 5.19. The molecule has 3 aromatic carbocycles. The summed E-state index contributed by atoms with van der Waals surface area (Å²) in [6.45, 7) is 1.27. The van der Waals surface area contributed by atoms with Crippen molar-refractivity contribution in [2.45, 2.75) is 23.2 Å². The lowest BCUT2D eigenvalue weighted by molar-refractivity contribution is -0.143. The van der Waals surface area contributed by atoms with Gasteiger partial charge in [0.1, 0.15) is 11.4 Å². The smallest absolute Gasteiger partial charge is 0.303 e. The van der Waals surface area contributed by atoms with Gasteiger partial charge >= 0.3 is 5.97 Å². The van der Waals surface area contributed by atoms with Gasteiger partial charge in [0.05, 0.1) is 4.90 Å². The van der Waals surface area contributed by atoms with Crippen LogP contribution in [0.15, 0.2) is 108 Å². The quantitative estimate of drug-likeness (QED) is 0.460. The zero-order chi connectivity index (χ0) is 22.1. The summed E-state index contributed by atoms with van der Waals surface area (Å²) in [6, 6.07) is 27.0. The maximum Gasteiger partial charge on any atom is 0.303 e. The van der Waals surface area contributed by atoms with E-state index in [2.05, 4.69) is 0 Å². The van der Waals surface area contributed by atoms with Crippen molar-refractivity contribution in [3.63, 3.8) is 0 Å². The minimum absolute atomic E-state index is 0.169. The van der Waals surface area contributed by atoms with Crippen molar-refractivity contribution in [2.75, 3.05) is 0 Å². The summed E-state index contributed by atoms with van der Waals surface area (Å²) >= 11 is 0. The van der Waals surface area contributed by atoms with E-state index in [9.17, 15) is 13.2 Å². The van der Waals surface area contributed by atoms with Crippen LogP contribution in [0, 0.1) is 0 Å². The van der Waals surface area contributed by atoms with Crippen LogP contribution in [-0.2, 0) is 19.4 Å². The molecule has 0 aliphatic carbocycles. The standard InChI is InChI=1S/C26H24O4S/c1-21(27)30-25(19-17-22-11-5-2-6-12-22)26(20-18-23-13-7-3-8-14-23)31(28,29)24-15-9-4-10-16-24/h2-20,25-26H,1H3/b19-17+,20-18+. The molecule has 0 heterocycles. The van der Waals surface area contributed by atoms with Gasteiger partial charge in [-0.25, -0.2) is 8.42 Å². The van der Waals surface area contributed by atoms with Gasteiger partial charge in [0.15, 0.2) is 9.84 Å². The number of benzene rings is 3. The second kappa shape index (κ2) is 10.5. The minimum Gasteiger partial charge on any atom is -0.457 e. The highest BCUT2D eigenvalue weighted by atomic mass is 32.2. The van der Waals surface area contributed by atoms with Crippen molar-refractivity contribution in [3.05, 3.63) is 114 Å². The normalized spacial score (nSPS) is 13.8. The van der Waals surface area contributed by atoms with Crippen molar-refractivity contribution < 1.29 is 17.9 Å². The van der Waals surface area contributed by atoms with Crippen LogP contribution in [0.5, 0.6) is 0 Å². The van der Waals surface area contributed by atoms with Gasteiger partial charge in [0.2, 0.25) is 0 Å². The molecule has 0 aliphatic rings. The summed E-state index contributed by atoms with van der Waals surface area (Å²) in [5.74, 6) is -0.552. The maximum absolute atomic E-state index is 13.5. The highest BCUT2D eigenvalue weighted by molar-refractivity contribution is 7.92. The Balaban J connectivity index is 2.05. The van der Waals surface area contributed by atoms with Gasteiger partial charge in [-0.1, -0.05) is 97.1 Å². The second-order valence-corrected chi connectivity index (χ2v) is 9.04. The molecule has 0 saturated carbocycles. The van der Waals surface area contributed by atoms with E-state index in [1.165, 1.54) is 6.92 Å². The Bertz CT molecular complexity index is 1140. The Labute approximate surface area is 183 Å². The molecule has 2 atom stereocenters. The zero-order valence-electron chi connectivity index (χ0n) is 17.2. The monoisotopic (exact) mass is 432 g/mol. The van der Waals surface area contributed by atoms with Gasteiger partial charge in [0.25, 0.3) is 0 Å². The Hall–Kier alpha value is -3.44. The molecular weight excluding hydrogens is 408 g/mol. The predicted molar refractivity (Wildman–Crippen MR) is 124 cm³/mol. The van der Waals surface area contributed by atoms with E-state index < -0.39 is 27.2 Å². The molecule has 3 aromatic rings. The molecule has 2 unspecified atom stereocenters. The number of ether oxygens (including phenoxy) is 1. The average molecular weight is 433 g/mol. The first-order chi connectivity index (χ1) is 15.0. The van der Waals surface area contributed by atoms with Gasteiger partial charge in [-0.15, -0.1) is 0 Å². The van der Waals surface area contributed by atoms with E-state index in [1.54, 1.807) is 54.6 Å². The molecule has 158 valence electrons. The average Bonchev–Trinajstić information content (AvgIpc) is 2.79. The fraction of sp³-hybridized carbons (Fsp3) is 0.115. The van der Waals surface area contributed by atoms with Crippen LogP contribution in [-0.4, -0.2) is 25.7 Å². The zero-order valence-corrected chi connectivity index (χ0v) is 18.0. The lowest BCUT2D eigenvalue weighted by atomic mass is 10.1. The summed E-state index contributed by atoms with van der Waals surface area (Å²) in [4.78, 5) is 12.0. The van der Waals surface area contributed by atoms with E-state index in [-0.39, 0.29) is 4.90 Å². The van der Waals surface area contributed by atoms with Gasteiger partial charge in [-0.05, 0) is 29.3 Å². The SMILES string of the molecule is CC(=O)OC(/C=C/c1ccccc1)C(/C=C/c1ccccc1)S(=O)(=O)c1ccccc1. The molecule has 0 N–H and O–H groups in total. The van der Waals surface area contributed by atoms with E-state index in [0.29, 0.717) is 0 Å². The van der Waals surface area contributed by atoms with Crippen LogP contribution in [0.1, 0.15) is 18.1 Å². The lowest BCUT2D eigenvalue weighted by Crippen LogP contribution is -2.34. The van der Waals surface area contributed by atoms with Gasteiger partial charge < -0.3 is 4.74 Å². The van der Waals surface area contributed by atoms with Crippen molar-refractivity contribution >= 4 is 28.0 Å². The largest absolute Gasteiger partial charge is 0.457 e. The Morgan fingerprint density at radius 1 is 0.742 bits per heavy atom. The fourth-order valence-corrected chi connectivity index (χ4v) is 4.74. The number of hydrogen-bond acceptors (Lipinski definition) is 4. The number of carbonyl (C=O) groups is 1. The highest BCUT2D eigenvalue weighted by Gasteiger charge is 2.33. The van der Waals surface area contributed by atoms with Gasteiger partial charge in [0, 0.05) is 6.92 Å². The number of hydrogen-bond donors (Lipinski definition) is 0.